The van der Waals surface area contributed by atoms with E-state index in [0.29, 0.717) is 0 Å². The highest BCUT2D eigenvalue weighted by Crippen LogP contribution is 2.30. The van der Waals surface area contributed by atoms with E-state index in [9.17, 15) is 13.2 Å². The first-order valence-electron chi connectivity index (χ1n) is 3.27. The van der Waals surface area contributed by atoms with Crippen LogP contribution in [0.4, 0.5) is 13.2 Å². The lowest BCUT2D eigenvalue weighted by molar-refractivity contribution is 0.140. The van der Waals surface area contributed by atoms with Gasteiger partial charge in [0.2, 0.25) is 0 Å². The lowest BCUT2D eigenvalue weighted by atomic mass is 10.3. The van der Waals surface area contributed by atoms with E-state index in [1.807, 2.05) is 0 Å². The van der Waals surface area contributed by atoms with Crippen LogP contribution in [0.1, 0.15) is 12.1 Å². The number of hydrogen-bond donors (Lipinski definition) is 1. The molecule has 0 aliphatic heterocycles. The Bertz CT molecular complexity index is 317. The van der Waals surface area contributed by atoms with Crippen molar-refractivity contribution in [1.29, 1.82) is 0 Å². The Morgan fingerprint density at radius 3 is 2.62 bits per heavy atom. The van der Waals surface area contributed by atoms with Crippen LogP contribution in [0.3, 0.4) is 0 Å². The average molecular weight is 193 g/mol. The molecule has 3 nitrogen and oxygen atoms in total. The van der Waals surface area contributed by atoms with Gasteiger partial charge in [-0.1, -0.05) is 0 Å². The Labute approximate surface area is 71.8 Å². The third-order valence-corrected chi connectivity index (χ3v) is 1.38. The Kier molecular flexibility index (Phi) is 2.60. The standard InChI is InChI=1S/C7H6F3NO2/c1-13-4-2-3(12)5(6(8)9)11-7(4)10/h2,6,12H,1H3. The molecule has 0 radical (unpaired) electrons. The zero-order valence-corrected chi connectivity index (χ0v) is 6.59. The highest BCUT2D eigenvalue weighted by atomic mass is 19.3. The number of nitrogens with zero attached hydrogens (tertiary/aromatic N) is 1. The SMILES string of the molecule is COc1cc(O)c(C(F)F)nc1F. The van der Waals surface area contributed by atoms with E-state index in [2.05, 4.69) is 9.72 Å². The highest BCUT2D eigenvalue weighted by Gasteiger charge is 2.18. The molecule has 0 unspecified atom stereocenters. The minimum absolute atomic E-state index is 0.373. The van der Waals surface area contributed by atoms with Crippen LogP contribution in [0.2, 0.25) is 0 Å². The van der Waals surface area contributed by atoms with Gasteiger partial charge in [-0.3, -0.25) is 0 Å². The van der Waals surface area contributed by atoms with Crippen LogP contribution in [0.15, 0.2) is 6.07 Å². The first-order chi connectivity index (χ1) is 6.06. The fourth-order valence-electron chi connectivity index (χ4n) is 0.780. The monoisotopic (exact) mass is 193 g/mol. The second-order valence-electron chi connectivity index (χ2n) is 2.19. The molecule has 0 spiro atoms. The zero-order chi connectivity index (χ0) is 10.0. The normalized spacial score (nSPS) is 10.5. The fourth-order valence-corrected chi connectivity index (χ4v) is 0.780. The number of alkyl halides is 2. The third kappa shape index (κ3) is 1.82. The van der Waals surface area contributed by atoms with Gasteiger partial charge >= 0.3 is 0 Å². The van der Waals surface area contributed by atoms with Crippen LogP contribution in [-0.2, 0) is 0 Å². The predicted molar refractivity (Wildman–Crippen MR) is 37.4 cm³/mol. The summed E-state index contributed by atoms with van der Waals surface area (Å²) in [5.74, 6) is -2.33. The van der Waals surface area contributed by atoms with E-state index in [0.717, 1.165) is 13.2 Å². The van der Waals surface area contributed by atoms with Crippen LogP contribution in [0, 0.1) is 5.95 Å². The molecule has 0 amide bonds. The van der Waals surface area contributed by atoms with Crippen molar-refractivity contribution < 1.29 is 23.0 Å². The maximum Gasteiger partial charge on any atom is 0.284 e. The summed E-state index contributed by atoms with van der Waals surface area (Å²) in [7, 11) is 1.14. The summed E-state index contributed by atoms with van der Waals surface area (Å²) in [5, 5.41) is 8.93. The molecule has 0 aliphatic rings. The van der Waals surface area contributed by atoms with Gasteiger partial charge in [0.15, 0.2) is 11.4 Å². The number of aromatic hydroxyl groups is 1. The number of rotatable bonds is 2. The number of hydrogen-bond acceptors (Lipinski definition) is 3. The number of ether oxygens (including phenoxy) is 1. The van der Waals surface area contributed by atoms with Crippen LogP contribution in [0.5, 0.6) is 11.5 Å². The molecule has 72 valence electrons. The van der Waals surface area contributed by atoms with Gasteiger partial charge in [0.05, 0.1) is 7.11 Å². The van der Waals surface area contributed by atoms with Gasteiger partial charge in [-0.05, 0) is 0 Å². The van der Waals surface area contributed by atoms with E-state index in [1.165, 1.54) is 0 Å². The molecule has 0 bridgehead atoms. The summed E-state index contributed by atoms with van der Waals surface area (Å²) < 4.78 is 41.2. The molecule has 0 saturated carbocycles. The molecule has 0 aliphatic carbocycles. The summed E-state index contributed by atoms with van der Waals surface area (Å²) in [6.45, 7) is 0. The molecule has 1 N–H and O–H groups in total. The third-order valence-electron chi connectivity index (χ3n) is 1.38. The fraction of sp³-hybridized carbons (Fsp3) is 0.286. The lowest BCUT2D eigenvalue weighted by Crippen LogP contribution is -1.97. The molecular formula is C7H6F3NO2. The van der Waals surface area contributed by atoms with E-state index < -0.39 is 23.8 Å². The minimum Gasteiger partial charge on any atom is -0.506 e. The van der Waals surface area contributed by atoms with Crippen molar-refractivity contribution in [3.8, 4) is 11.5 Å². The summed E-state index contributed by atoms with van der Waals surface area (Å²) in [4.78, 5) is 2.85. The van der Waals surface area contributed by atoms with E-state index in [4.69, 9.17) is 5.11 Å². The quantitative estimate of drug-likeness (QED) is 0.729. The summed E-state index contributed by atoms with van der Waals surface area (Å²) in [5.41, 5.74) is -0.988. The highest BCUT2D eigenvalue weighted by molar-refractivity contribution is 5.35. The van der Waals surface area contributed by atoms with Crippen molar-refractivity contribution in [3.05, 3.63) is 17.7 Å². The molecule has 6 heteroatoms. The first kappa shape index (κ1) is 9.63. The summed E-state index contributed by atoms with van der Waals surface area (Å²) >= 11 is 0. The van der Waals surface area contributed by atoms with E-state index >= 15 is 0 Å². The van der Waals surface area contributed by atoms with Gasteiger partial charge < -0.3 is 9.84 Å². The average Bonchev–Trinajstić information content (AvgIpc) is 2.07. The van der Waals surface area contributed by atoms with Crippen molar-refractivity contribution in [2.75, 3.05) is 7.11 Å². The van der Waals surface area contributed by atoms with Crippen molar-refractivity contribution in [2.45, 2.75) is 6.43 Å². The molecule has 1 aromatic rings. The Morgan fingerprint density at radius 2 is 2.15 bits per heavy atom. The number of methoxy groups -OCH3 is 1. The van der Waals surface area contributed by atoms with Crippen molar-refractivity contribution in [3.63, 3.8) is 0 Å². The molecule has 1 rings (SSSR count). The van der Waals surface area contributed by atoms with Gasteiger partial charge in [-0.25, -0.2) is 13.8 Å². The molecule has 0 aromatic carbocycles. The summed E-state index contributed by atoms with van der Waals surface area (Å²) in [6.07, 6.45) is -3.01. The Balaban J connectivity index is 3.20. The number of pyridine rings is 1. The molecule has 0 fully saturated rings. The minimum atomic E-state index is -3.01. The molecule has 13 heavy (non-hydrogen) atoms. The van der Waals surface area contributed by atoms with Gasteiger partial charge in [-0.15, -0.1) is 0 Å². The second kappa shape index (κ2) is 3.51. The number of halogens is 3. The maximum atomic E-state index is 12.7. The Hall–Kier alpha value is -1.46. The molecule has 0 saturated heterocycles. The van der Waals surface area contributed by atoms with E-state index in [1.54, 1.807) is 0 Å². The zero-order valence-electron chi connectivity index (χ0n) is 6.59. The van der Waals surface area contributed by atoms with Crippen LogP contribution in [-0.4, -0.2) is 17.2 Å². The van der Waals surface area contributed by atoms with Crippen LogP contribution < -0.4 is 4.74 Å². The topological polar surface area (TPSA) is 42.4 Å². The van der Waals surface area contributed by atoms with E-state index in [-0.39, 0.29) is 5.75 Å². The molecule has 0 atom stereocenters. The smallest absolute Gasteiger partial charge is 0.284 e. The molecular weight excluding hydrogens is 187 g/mol. The van der Waals surface area contributed by atoms with Crippen LogP contribution in [0.25, 0.3) is 0 Å². The number of aromatic nitrogens is 1. The van der Waals surface area contributed by atoms with Gasteiger partial charge in [0.1, 0.15) is 5.75 Å². The predicted octanol–water partition coefficient (Wildman–Crippen LogP) is 1.87. The largest absolute Gasteiger partial charge is 0.506 e. The Morgan fingerprint density at radius 1 is 1.54 bits per heavy atom. The van der Waals surface area contributed by atoms with Gasteiger partial charge in [-0.2, -0.15) is 4.39 Å². The lowest BCUT2D eigenvalue weighted by Gasteiger charge is -2.05. The first-order valence-corrected chi connectivity index (χ1v) is 3.27. The summed E-state index contributed by atoms with van der Waals surface area (Å²) in [6, 6.07) is 0.754. The van der Waals surface area contributed by atoms with Gasteiger partial charge in [0.25, 0.3) is 12.4 Å². The van der Waals surface area contributed by atoms with Crippen LogP contribution >= 0.6 is 0 Å². The second-order valence-corrected chi connectivity index (χ2v) is 2.19. The van der Waals surface area contributed by atoms with Crippen molar-refractivity contribution in [1.82, 2.24) is 4.98 Å². The maximum absolute atomic E-state index is 12.7. The van der Waals surface area contributed by atoms with Crippen molar-refractivity contribution >= 4 is 0 Å². The van der Waals surface area contributed by atoms with Gasteiger partial charge in [0, 0.05) is 6.07 Å². The molecule has 1 aromatic heterocycles. The molecule has 1 heterocycles. The van der Waals surface area contributed by atoms with Crippen molar-refractivity contribution in [2.24, 2.45) is 0 Å².